The predicted molar refractivity (Wildman–Crippen MR) is 66.4 cm³/mol. The summed E-state index contributed by atoms with van der Waals surface area (Å²) in [5, 5.41) is 9.26. The van der Waals surface area contributed by atoms with Crippen LogP contribution in [0.1, 0.15) is 5.56 Å². The Bertz CT molecular complexity index is 627. The number of nitrogens with zero attached hydrogens (tertiary/aromatic N) is 1. The van der Waals surface area contributed by atoms with Gasteiger partial charge in [-0.2, -0.15) is 0 Å². The number of aromatic hydroxyl groups is 1. The first-order valence-corrected chi connectivity index (χ1v) is 6.74. The number of hydrogen-bond donors (Lipinski definition) is 2. The lowest BCUT2D eigenvalue weighted by Crippen LogP contribution is -2.23. The quantitative estimate of drug-likeness (QED) is 0.871. The van der Waals surface area contributed by atoms with E-state index in [1.165, 1.54) is 24.3 Å². The van der Waals surface area contributed by atoms with Crippen LogP contribution in [-0.2, 0) is 16.6 Å². The SMILES string of the molecule is O=S(=O)(NCc1cccnc1)c1cccc(O)c1. The van der Waals surface area contributed by atoms with Crippen molar-refractivity contribution in [1.29, 1.82) is 0 Å². The van der Waals surface area contributed by atoms with E-state index in [9.17, 15) is 13.5 Å². The standard InChI is InChI=1S/C12H12N2O3S/c15-11-4-1-5-12(7-11)18(16,17)14-9-10-3-2-6-13-8-10/h1-8,14-15H,9H2. The molecule has 0 aliphatic heterocycles. The zero-order valence-electron chi connectivity index (χ0n) is 9.45. The third-order valence-electron chi connectivity index (χ3n) is 2.32. The molecule has 5 nitrogen and oxygen atoms in total. The van der Waals surface area contributed by atoms with Crippen LogP contribution in [0.4, 0.5) is 0 Å². The first kappa shape index (κ1) is 12.5. The summed E-state index contributed by atoms with van der Waals surface area (Å²) >= 11 is 0. The highest BCUT2D eigenvalue weighted by Gasteiger charge is 2.13. The lowest BCUT2D eigenvalue weighted by Gasteiger charge is -2.06. The lowest BCUT2D eigenvalue weighted by molar-refractivity contribution is 0.473. The van der Waals surface area contributed by atoms with Gasteiger partial charge in [-0.05, 0) is 29.8 Å². The molecule has 0 amide bonds. The maximum atomic E-state index is 11.9. The number of nitrogens with one attached hydrogen (secondary N) is 1. The molecule has 94 valence electrons. The van der Waals surface area contributed by atoms with Crippen molar-refractivity contribution in [2.75, 3.05) is 0 Å². The molecule has 0 spiro atoms. The molecule has 0 aliphatic rings. The molecule has 0 fully saturated rings. The summed E-state index contributed by atoms with van der Waals surface area (Å²) in [6.07, 6.45) is 3.21. The van der Waals surface area contributed by atoms with Crippen molar-refractivity contribution in [3.05, 3.63) is 54.4 Å². The number of sulfonamides is 1. The van der Waals surface area contributed by atoms with Gasteiger partial charge in [-0.3, -0.25) is 4.98 Å². The van der Waals surface area contributed by atoms with E-state index in [1.807, 2.05) is 0 Å². The molecule has 0 bridgehead atoms. The average Bonchev–Trinajstić information content (AvgIpc) is 2.38. The predicted octanol–water partition coefficient (Wildman–Crippen LogP) is 1.27. The Morgan fingerprint density at radius 3 is 2.72 bits per heavy atom. The molecule has 0 aliphatic carbocycles. The van der Waals surface area contributed by atoms with Crippen LogP contribution in [0, 0.1) is 0 Å². The fourth-order valence-electron chi connectivity index (χ4n) is 1.42. The molecule has 0 unspecified atom stereocenters. The molecule has 1 aromatic carbocycles. The maximum absolute atomic E-state index is 11.9. The van der Waals surface area contributed by atoms with Crippen LogP contribution in [0.15, 0.2) is 53.7 Å². The summed E-state index contributed by atoms with van der Waals surface area (Å²) in [6.45, 7) is 0.159. The Balaban J connectivity index is 2.13. The summed E-state index contributed by atoms with van der Waals surface area (Å²) in [4.78, 5) is 3.93. The summed E-state index contributed by atoms with van der Waals surface area (Å²) in [7, 11) is -3.62. The minimum Gasteiger partial charge on any atom is -0.508 e. The van der Waals surface area contributed by atoms with E-state index in [2.05, 4.69) is 9.71 Å². The van der Waals surface area contributed by atoms with Crippen LogP contribution in [0.5, 0.6) is 5.75 Å². The second-order valence-electron chi connectivity index (χ2n) is 3.68. The number of benzene rings is 1. The number of pyridine rings is 1. The van der Waals surface area contributed by atoms with Crippen molar-refractivity contribution in [3.63, 3.8) is 0 Å². The third-order valence-corrected chi connectivity index (χ3v) is 3.72. The molecule has 0 radical (unpaired) electrons. The molecule has 6 heteroatoms. The Labute approximate surface area is 105 Å². The fourth-order valence-corrected chi connectivity index (χ4v) is 2.47. The van der Waals surface area contributed by atoms with Gasteiger partial charge in [0.15, 0.2) is 0 Å². The topological polar surface area (TPSA) is 79.3 Å². The minimum absolute atomic E-state index is 0.0337. The van der Waals surface area contributed by atoms with Crippen LogP contribution in [0.25, 0.3) is 0 Å². The van der Waals surface area contributed by atoms with E-state index in [4.69, 9.17) is 0 Å². The van der Waals surface area contributed by atoms with E-state index >= 15 is 0 Å². The van der Waals surface area contributed by atoms with Crippen LogP contribution in [0.3, 0.4) is 0 Å². The van der Waals surface area contributed by atoms with Crippen molar-refractivity contribution in [2.45, 2.75) is 11.4 Å². The van der Waals surface area contributed by atoms with Crippen LogP contribution >= 0.6 is 0 Å². The Morgan fingerprint density at radius 2 is 2.06 bits per heavy atom. The van der Waals surface area contributed by atoms with Gasteiger partial charge in [0.2, 0.25) is 10.0 Å². The lowest BCUT2D eigenvalue weighted by atomic mass is 10.3. The summed E-state index contributed by atoms with van der Waals surface area (Å²) < 4.78 is 26.3. The first-order chi connectivity index (χ1) is 8.58. The number of rotatable bonds is 4. The van der Waals surface area contributed by atoms with Crippen molar-refractivity contribution in [2.24, 2.45) is 0 Å². The van der Waals surface area contributed by atoms with E-state index in [-0.39, 0.29) is 17.2 Å². The highest BCUT2D eigenvalue weighted by Crippen LogP contribution is 2.15. The van der Waals surface area contributed by atoms with E-state index < -0.39 is 10.0 Å². The number of phenolic OH excluding ortho intramolecular Hbond substituents is 1. The van der Waals surface area contributed by atoms with Gasteiger partial charge in [-0.25, -0.2) is 13.1 Å². The van der Waals surface area contributed by atoms with E-state index in [1.54, 1.807) is 24.5 Å². The van der Waals surface area contributed by atoms with Gasteiger partial charge in [0.1, 0.15) is 5.75 Å². The van der Waals surface area contributed by atoms with Crippen LogP contribution < -0.4 is 4.72 Å². The highest BCUT2D eigenvalue weighted by atomic mass is 32.2. The van der Waals surface area contributed by atoms with E-state index in [0.717, 1.165) is 5.56 Å². The summed E-state index contributed by atoms with van der Waals surface area (Å²) in [5.41, 5.74) is 0.765. The molecule has 0 atom stereocenters. The monoisotopic (exact) mass is 264 g/mol. The van der Waals surface area contributed by atoms with E-state index in [0.29, 0.717) is 0 Å². The molecule has 1 aromatic heterocycles. The number of hydrogen-bond acceptors (Lipinski definition) is 4. The van der Waals surface area contributed by atoms with Crippen LogP contribution in [-0.4, -0.2) is 18.5 Å². The highest BCUT2D eigenvalue weighted by molar-refractivity contribution is 7.89. The van der Waals surface area contributed by atoms with Gasteiger partial charge in [-0.15, -0.1) is 0 Å². The number of phenols is 1. The second kappa shape index (κ2) is 5.16. The molecule has 2 aromatic rings. The van der Waals surface area contributed by atoms with Gasteiger partial charge in [0.05, 0.1) is 4.90 Å². The molecule has 0 saturated carbocycles. The van der Waals surface area contributed by atoms with Gasteiger partial charge < -0.3 is 5.11 Å². The second-order valence-corrected chi connectivity index (χ2v) is 5.45. The molecule has 0 saturated heterocycles. The summed E-state index contributed by atoms with van der Waals surface area (Å²) in [5.74, 6) is -0.0840. The minimum atomic E-state index is -3.62. The fraction of sp³-hybridized carbons (Fsp3) is 0.0833. The zero-order valence-corrected chi connectivity index (χ0v) is 10.3. The molecule has 18 heavy (non-hydrogen) atoms. The third kappa shape index (κ3) is 3.06. The normalized spacial score (nSPS) is 11.3. The van der Waals surface area contributed by atoms with Crippen molar-refractivity contribution >= 4 is 10.0 Å². The van der Waals surface area contributed by atoms with Gasteiger partial charge in [-0.1, -0.05) is 12.1 Å². The first-order valence-electron chi connectivity index (χ1n) is 5.25. The Hall–Kier alpha value is -1.92. The van der Waals surface area contributed by atoms with Gasteiger partial charge >= 0.3 is 0 Å². The smallest absolute Gasteiger partial charge is 0.241 e. The maximum Gasteiger partial charge on any atom is 0.241 e. The van der Waals surface area contributed by atoms with Crippen molar-refractivity contribution < 1.29 is 13.5 Å². The Morgan fingerprint density at radius 1 is 1.22 bits per heavy atom. The summed E-state index contributed by atoms with van der Waals surface area (Å²) in [6, 6.07) is 9.03. The van der Waals surface area contributed by atoms with Crippen molar-refractivity contribution in [3.8, 4) is 5.75 Å². The largest absolute Gasteiger partial charge is 0.508 e. The van der Waals surface area contributed by atoms with Gasteiger partial charge in [0, 0.05) is 18.9 Å². The number of aromatic nitrogens is 1. The average molecular weight is 264 g/mol. The van der Waals surface area contributed by atoms with Crippen LogP contribution in [0.2, 0.25) is 0 Å². The molecular weight excluding hydrogens is 252 g/mol. The molecular formula is C12H12N2O3S. The van der Waals surface area contributed by atoms with Gasteiger partial charge in [0.25, 0.3) is 0 Å². The molecule has 2 N–H and O–H groups in total. The Kier molecular flexibility index (Phi) is 3.59. The zero-order chi connectivity index (χ0) is 13.0. The molecule has 2 rings (SSSR count). The molecule has 1 heterocycles. The van der Waals surface area contributed by atoms with Crippen molar-refractivity contribution in [1.82, 2.24) is 9.71 Å².